The first-order valence-corrected chi connectivity index (χ1v) is 10.9. The number of carbonyl (C=O) groups excluding carboxylic acids is 1. The number of aromatic nitrogens is 3. The molecule has 0 atom stereocenters. The number of pyridine rings is 1. The average Bonchev–Trinajstić information content (AvgIpc) is 3.12. The van der Waals surface area contributed by atoms with Gasteiger partial charge in [-0.3, -0.25) is 9.59 Å². The van der Waals surface area contributed by atoms with Gasteiger partial charge in [0.05, 0.1) is 35.8 Å². The summed E-state index contributed by atoms with van der Waals surface area (Å²) < 4.78 is 11.0. The predicted octanol–water partition coefficient (Wildman–Crippen LogP) is 3.80. The molecule has 1 amide bonds. The number of nitrogens with one attached hydrogen (secondary N) is 2. The lowest BCUT2D eigenvalue weighted by Crippen LogP contribution is -2.18. The van der Waals surface area contributed by atoms with Gasteiger partial charge in [0.1, 0.15) is 10.7 Å². The van der Waals surface area contributed by atoms with Crippen molar-refractivity contribution in [3.63, 3.8) is 0 Å². The first-order valence-electron chi connectivity index (χ1n) is 10.1. The Morgan fingerprint density at radius 2 is 1.94 bits per heavy atom. The molecule has 0 radical (unpaired) electrons. The normalized spacial score (nSPS) is 11.1. The summed E-state index contributed by atoms with van der Waals surface area (Å²) in [5.41, 5.74) is 0.852. The fourth-order valence-corrected chi connectivity index (χ4v) is 4.39. The van der Waals surface area contributed by atoms with Crippen LogP contribution in [0, 0.1) is 6.92 Å². The Kier molecular flexibility index (Phi) is 6.38. The topological polar surface area (TPSA) is 109 Å². The fraction of sp³-hybridized carbons (Fsp3) is 0.217. The van der Waals surface area contributed by atoms with Crippen LogP contribution in [-0.4, -0.2) is 47.0 Å². The number of rotatable bonds is 7. The smallest absolute Gasteiger partial charge is 0.266 e. The van der Waals surface area contributed by atoms with Crippen molar-refractivity contribution in [1.82, 2.24) is 19.9 Å². The van der Waals surface area contributed by atoms with Gasteiger partial charge in [0.15, 0.2) is 11.5 Å². The molecule has 9 nitrogen and oxygen atoms in total. The first kappa shape index (κ1) is 22.4. The molecule has 2 N–H and O–H groups in total. The maximum atomic E-state index is 12.9. The Hall–Kier alpha value is -3.76. The Morgan fingerprint density at radius 1 is 1.18 bits per heavy atom. The second-order valence-corrected chi connectivity index (χ2v) is 8.58. The zero-order valence-electron chi connectivity index (χ0n) is 18.6. The molecule has 0 aliphatic carbocycles. The molecule has 0 saturated carbocycles. The largest absolute Gasteiger partial charge is 0.493 e. The van der Waals surface area contributed by atoms with Crippen molar-refractivity contribution in [2.24, 2.45) is 0 Å². The molecule has 0 saturated heterocycles. The van der Waals surface area contributed by atoms with Gasteiger partial charge in [-0.2, -0.15) is 0 Å². The number of ether oxygens (including phenoxy) is 2. The number of amides is 1. The number of nitrogens with zero attached hydrogens (tertiary/aromatic N) is 3. The van der Waals surface area contributed by atoms with Crippen molar-refractivity contribution < 1.29 is 14.3 Å². The van der Waals surface area contributed by atoms with Gasteiger partial charge in [-0.1, -0.05) is 12.1 Å². The summed E-state index contributed by atoms with van der Waals surface area (Å²) in [6.07, 6.45) is 1.51. The molecule has 4 rings (SSSR count). The van der Waals surface area contributed by atoms with E-state index in [0.29, 0.717) is 56.1 Å². The number of aromatic amines is 1. The number of fused-ring (bicyclic) bond motifs is 1. The maximum Gasteiger partial charge on any atom is 0.266 e. The summed E-state index contributed by atoms with van der Waals surface area (Å²) in [5, 5.41) is 3.26. The van der Waals surface area contributed by atoms with Gasteiger partial charge in [-0.25, -0.2) is 9.97 Å². The van der Waals surface area contributed by atoms with Gasteiger partial charge >= 0.3 is 0 Å². The van der Waals surface area contributed by atoms with Crippen LogP contribution in [-0.2, 0) is 6.54 Å². The number of thiophene rings is 1. The standard InChI is InChI=1S/C23H23N5O4S/c1-13-19-21(29)26-17(12-28(2)3)27-23(19)33-20(13)22(30)25-14-9-10-18(24-11-14)32-16-8-6-5-7-15(16)31-4/h5-11H,12H2,1-4H3,(H,25,30)(H,26,27,29). The van der Waals surface area contributed by atoms with Crippen LogP contribution in [0.15, 0.2) is 47.4 Å². The molecule has 0 aliphatic heterocycles. The van der Waals surface area contributed by atoms with Gasteiger partial charge in [0.2, 0.25) is 5.88 Å². The first-order chi connectivity index (χ1) is 15.9. The van der Waals surface area contributed by atoms with E-state index >= 15 is 0 Å². The predicted molar refractivity (Wildman–Crippen MR) is 128 cm³/mol. The Balaban J connectivity index is 1.52. The third-order valence-electron chi connectivity index (χ3n) is 4.80. The zero-order chi connectivity index (χ0) is 23.5. The SMILES string of the molecule is COc1ccccc1Oc1ccc(NC(=O)c2sc3nc(CN(C)C)[nH]c(=O)c3c2C)cn1. The number of para-hydroxylation sites is 2. The van der Waals surface area contributed by atoms with Crippen molar-refractivity contribution in [2.75, 3.05) is 26.5 Å². The third-order valence-corrected chi connectivity index (χ3v) is 5.98. The number of anilines is 1. The van der Waals surface area contributed by atoms with E-state index in [4.69, 9.17) is 9.47 Å². The molecule has 0 unspecified atom stereocenters. The van der Waals surface area contributed by atoms with Gasteiger partial charge in [0, 0.05) is 6.07 Å². The molecule has 0 fully saturated rings. The van der Waals surface area contributed by atoms with E-state index in [1.807, 2.05) is 31.1 Å². The van der Waals surface area contributed by atoms with E-state index < -0.39 is 0 Å². The third kappa shape index (κ3) is 4.86. The lowest BCUT2D eigenvalue weighted by molar-refractivity contribution is 0.103. The number of methoxy groups -OCH3 is 1. The van der Waals surface area contributed by atoms with Crippen LogP contribution in [0.1, 0.15) is 21.1 Å². The molecular formula is C23H23N5O4S. The van der Waals surface area contributed by atoms with Crippen molar-refractivity contribution >= 4 is 33.1 Å². The minimum absolute atomic E-state index is 0.246. The summed E-state index contributed by atoms with van der Waals surface area (Å²) in [6.45, 7) is 2.25. The van der Waals surface area contributed by atoms with Crippen molar-refractivity contribution in [1.29, 1.82) is 0 Å². The maximum absolute atomic E-state index is 12.9. The zero-order valence-corrected chi connectivity index (χ0v) is 19.4. The summed E-state index contributed by atoms with van der Waals surface area (Å²) >= 11 is 1.20. The van der Waals surface area contributed by atoms with Gasteiger partial charge < -0.3 is 24.7 Å². The number of H-pyrrole nitrogens is 1. The van der Waals surface area contributed by atoms with Crippen LogP contribution in [0.3, 0.4) is 0 Å². The highest BCUT2D eigenvalue weighted by molar-refractivity contribution is 7.20. The highest BCUT2D eigenvalue weighted by atomic mass is 32.1. The van der Waals surface area contributed by atoms with Crippen LogP contribution in [0.2, 0.25) is 0 Å². The fourth-order valence-electron chi connectivity index (χ4n) is 3.30. The van der Waals surface area contributed by atoms with Crippen molar-refractivity contribution in [3.05, 3.63) is 69.2 Å². The van der Waals surface area contributed by atoms with E-state index in [9.17, 15) is 9.59 Å². The van der Waals surface area contributed by atoms with E-state index in [1.165, 1.54) is 17.5 Å². The van der Waals surface area contributed by atoms with Crippen LogP contribution in [0.4, 0.5) is 5.69 Å². The number of aryl methyl sites for hydroxylation is 1. The number of benzene rings is 1. The molecule has 3 aromatic heterocycles. The second kappa shape index (κ2) is 9.39. The van der Waals surface area contributed by atoms with E-state index in [2.05, 4.69) is 20.3 Å². The number of carbonyl (C=O) groups is 1. The molecular weight excluding hydrogens is 442 g/mol. The highest BCUT2D eigenvalue weighted by Gasteiger charge is 2.20. The average molecular weight is 466 g/mol. The Labute approximate surface area is 194 Å². The Morgan fingerprint density at radius 3 is 2.61 bits per heavy atom. The van der Waals surface area contributed by atoms with Crippen molar-refractivity contribution in [3.8, 4) is 17.4 Å². The molecule has 0 spiro atoms. The summed E-state index contributed by atoms with van der Waals surface area (Å²) in [6, 6.07) is 10.6. The number of hydrogen-bond donors (Lipinski definition) is 2. The molecule has 3 heterocycles. The lowest BCUT2D eigenvalue weighted by atomic mass is 10.2. The van der Waals surface area contributed by atoms with Gasteiger partial charge in [0.25, 0.3) is 11.5 Å². The molecule has 170 valence electrons. The summed E-state index contributed by atoms with van der Waals surface area (Å²) in [7, 11) is 5.35. The van der Waals surface area contributed by atoms with Gasteiger partial charge in [-0.05, 0) is 44.8 Å². The molecule has 10 heteroatoms. The monoisotopic (exact) mass is 465 g/mol. The molecule has 4 aromatic rings. The molecule has 0 aliphatic rings. The minimum Gasteiger partial charge on any atom is -0.493 e. The minimum atomic E-state index is -0.329. The molecule has 33 heavy (non-hydrogen) atoms. The molecule has 1 aromatic carbocycles. The van der Waals surface area contributed by atoms with E-state index in [1.54, 1.807) is 38.3 Å². The lowest BCUT2D eigenvalue weighted by Gasteiger charge is -2.10. The van der Waals surface area contributed by atoms with E-state index in [-0.39, 0.29) is 11.5 Å². The van der Waals surface area contributed by atoms with Gasteiger partial charge in [-0.15, -0.1) is 11.3 Å². The molecule has 0 bridgehead atoms. The second-order valence-electron chi connectivity index (χ2n) is 7.58. The summed E-state index contributed by atoms with van der Waals surface area (Å²) in [5.74, 6) is 1.72. The van der Waals surface area contributed by atoms with E-state index in [0.717, 1.165) is 0 Å². The van der Waals surface area contributed by atoms with Crippen LogP contribution in [0.25, 0.3) is 10.2 Å². The Bertz CT molecular complexity index is 1360. The van der Waals surface area contributed by atoms with Crippen LogP contribution in [0.5, 0.6) is 17.4 Å². The van der Waals surface area contributed by atoms with Crippen LogP contribution >= 0.6 is 11.3 Å². The van der Waals surface area contributed by atoms with Crippen molar-refractivity contribution in [2.45, 2.75) is 13.5 Å². The quantitative estimate of drug-likeness (QED) is 0.427. The number of hydrogen-bond acceptors (Lipinski definition) is 8. The highest BCUT2D eigenvalue weighted by Crippen LogP contribution is 2.31. The van der Waals surface area contributed by atoms with Crippen LogP contribution < -0.4 is 20.3 Å². The summed E-state index contributed by atoms with van der Waals surface area (Å²) in [4.78, 5) is 39.9.